The molecule has 2 aliphatic heterocycles. The highest BCUT2D eigenvalue weighted by Crippen LogP contribution is 2.53. The second-order valence-electron chi connectivity index (χ2n) is 7.73. The number of carbonyl (C=O) groups excluding carboxylic acids is 1. The Labute approximate surface area is 190 Å². The smallest absolute Gasteiger partial charge is 0.427 e. The van der Waals surface area contributed by atoms with Gasteiger partial charge in [0.15, 0.2) is 0 Å². The normalized spacial score (nSPS) is 17.7. The molecule has 0 bridgehead atoms. The maximum Gasteiger partial charge on any atom is 0.469 e. The van der Waals surface area contributed by atoms with Gasteiger partial charge in [-0.2, -0.15) is 17.6 Å². The number of rotatable bonds is 3. The molecule has 0 atom stereocenters. The van der Waals surface area contributed by atoms with Crippen LogP contribution in [-0.2, 0) is 5.92 Å². The lowest BCUT2D eigenvalue weighted by atomic mass is 10.0. The number of hydrazine groups is 1. The summed E-state index contributed by atoms with van der Waals surface area (Å²) in [5.74, 6) is -5.69. The van der Waals surface area contributed by atoms with Crippen molar-refractivity contribution < 1.29 is 31.5 Å². The highest BCUT2D eigenvalue weighted by molar-refractivity contribution is 5.98. The Bertz CT molecular complexity index is 1310. The minimum absolute atomic E-state index is 0.0424. The van der Waals surface area contributed by atoms with Gasteiger partial charge in [0.1, 0.15) is 11.6 Å². The molecule has 0 unspecified atom stereocenters. The van der Waals surface area contributed by atoms with Gasteiger partial charge in [0.05, 0.1) is 17.8 Å². The van der Waals surface area contributed by atoms with Gasteiger partial charge in [-0.3, -0.25) is 5.43 Å². The summed E-state index contributed by atoms with van der Waals surface area (Å²) in [6.45, 7) is -0.0424. The van der Waals surface area contributed by atoms with E-state index in [1.54, 1.807) is 42.5 Å². The van der Waals surface area contributed by atoms with Crippen LogP contribution in [0.2, 0.25) is 0 Å². The molecule has 0 radical (unpaired) electrons. The first-order valence-electron chi connectivity index (χ1n) is 10.2. The van der Waals surface area contributed by atoms with Gasteiger partial charge >= 0.3 is 18.1 Å². The first-order valence-corrected chi connectivity index (χ1v) is 10.2. The van der Waals surface area contributed by atoms with Crippen LogP contribution in [0.25, 0.3) is 11.3 Å². The van der Waals surface area contributed by atoms with Gasteiger partial charge in [0.25, 0.3) is 0 Å². The molecule has 2 heterocycles. The van der Waals surface area contributed by atoms with E-state index in [9.17, 15) is 26.7 Å². The molecule has 2 N–H and O–H groups in total. The number of fused-ring (bicyclic) bond motifs is 1. The van der Waals surface area contributed by atoms with Crippen molar-refractivity contribution in [3.63, 3.8) is 0 Å². The first kappa shape index (κ1) is 21.7. The van der Waals surface area contributed by atoms with Crippen LogP contribution in [0, 0.1) is 5.82 Å². The van der Waals surface area contributed by atoms with Gasteiger partial charge in [0.2, 0.25) is 0 Å². The fourth-order valence-corrected chi connectivity index (χ4v) is 3.86. The van der Waals surface area contributed by atoms with E-state index in [0.29, 0.717) is 22.4 Å². The fourth-order valence-electron chi connectivity index (χ4n) is 3.86. The van der Waals surface area contributed by atoms with Gasteiger partial charge in [0, 0.05) is 16.8 Å². The van der Waals surface area contributed by atoms with E-state index in [-0.39, 0.29) is 12.2 Å². The number of carbonyl (C=O) groups is 1. The van der Waals surface area contributed by atoms with Crippen molar-refractivity contribution in [3.8, 4) is 5.75 Å². The van der Waals surface area contributed by atoms with Gasteiger partial charge < -0.3 is 10.1 Å². The lowest BCUT2D eigenvalue weighted by molar-refractivity contribution is -0.296. The number of anilines is 1. The zero-order chi connectivity index (χ0) is 24.1. The summed E-state index contributed by atoms with van der Waals surface area (Å²) in [6.07, 6.45) is -4.68. The number of hydrogen-bond donors (Lipinski definition) is 2. The molecule has 10 heteroatoms. The van der Waals surface area contributed by atoms with Crippen LogP contribution in [0.3, 0.4) is 0 Å². The zero-order valence-corrected chi connectivity index (χ0v) is 17.3. The van der Waals surface area contributed by atoms with Gasteiger partial charge in [-0.05, 0) is 29.8 Å². The van der Waals surface area contributed by atoms with Crippen molar-refractivity contribution >= 4 is 23.0 Å². The highest BCUT2D eigenvalue weighted by atomic mass is 19.3. The van der Waals surface area contributed by atoms with Gasteiger partial charge in [-0.15, -0.1) is 0 Å². The molecule has 3 aromatic rings. The van der Waals surface area contributed by atoms with E-state index >= 15 is 0 Å². The fraction of sp³-hybridized carbons (Fsp3) is 0.125. The molecule has 3 aromatic carbocycles. The second-order valence-corrected chi connectivity index (χ2v) is 7.73. The number of amides is 2. The summed E-state index contributed by atoms with van der Waals surface area (Å²) < 4.78 is 73.5. The standard InChI is InChI=1S/C24H16F5N3O2/c25-19-9-5-4-8-16(19)17-13-32(31-21(17)14-6-2-1-3-7-14)22(33)30-15-10-11-20-18(12-15)23(26,27)24(28,29)34-20/h1-12,31H,13H2,(H,30,33). The zero-order valence-electron chi connectivity index (χ0n) is 17.3. The molecule has 0 aliphatic carbocycles. The molecule has 0 saturated carbocycles. The Morgan fingerprint density at radius 1 is 0.971 bits per heavy atom. The second kappa shape index (κ2) is 7.75. The van der Waals surface area contributed by atoms with Crippen LogP contribution < -0.4 is 15.5 Å². The largest absolute Gasteiger partial charge is 0.469 e. The number of hydrogen-bond acceptors (Lipinski definition) is 3. The van der Waals surface area contributed by atoms with Crippen LogP contribution in [0.5, 0.6) is 5.75 Å². The third-order valence-corrected chi connectivity index (χ3v) is 5.54. The molecular weight excluding hydrogens is 457 g/mol. The number of halogens is 5. The molecule has 2 aliphatic rings. The highest BCUT2D eigenvalue weighted by Gasteiger charge is 2.66. The lowest BCUT2D eigenvalue weighted by Crippen LogP contribution is -2.40. The number of nitrogens with zero attached hydrogens (tertiary/aromatic N) is 1. The summed E-state index contributed by atoms with van der Waals surface area (Å²) in [6, 6.07) is 17.2. The van der Waals surface area contributed by atoms with Crippen molar-refractivity contribution in [2.75, 3.05) is 11.9 Å². The third kappa shape index (κ3) is 3.51. The van der Waals surface area contributed by atoms with Crippen molar-refractivity contribution in [2.45, 2.75) is 12.0 Å². The maximum atomic E-state index is 14.5. The third-order valence-electron chi connectivity index (χ3n) is 5.54. The van der Waals surface area contributed by atoms with E-state index in [4.69, 9.17) is 0 Å². The molecule has 5 nitrogen and oxygen atoms in total. The summed E-state index contributed by atoms with van der Waals surface area (Å²) in [7, 11) is 0. The van der Waals surface area contributed by atoms with E-state index in [0.717, 1.165) is 17.1 Å². The van der Waals surface area contributed by atoms with Crippen LogP contribution in [0.4, 0.5) is 32.4 Å². The summed E-state index contributed by atoms with van der Waals surface area (Å²) in [5, 5.41) is 3.55. The Kier molecular flexibility index (Phi) is 4.96. The SMILES string of the molecule is O=C(Nc1ccc2c(c1)C(F)(F)C(F)(F)O2)N1CC(c2ccccc2F)=C(c2ccccc2)N1. The van der Waals surface area contributed by atoms with E-state index in [1.165, 1.54) is 12.1 Å². The van der Waals surface area contributed by atoms with Crippen molar-refractivity contribution in [1.29, 1.82) is 0 Å². The summed E-state index contributed by atoms with van der Waals surface area (Å²) >= 11 is 0. The Balaban J connectivity index is 1.41. The maximum absolute atomic E-state index is 14.5. The number of nitrogens with one attached hydrogen (secondary N) is 2. The molecule has 0 saturated heterocycles. The molecule has 34 heavy (non-hydrogen) atoms. The van der Waals surface area contributed by atoms with E-state index in [1.807, 2.05) is 6.07 Å². The number of benzene rings is 3. The minimum atomic E-state index is -4.68. The Morgan fingerprint density at radius 2 is 1.68 bits per heavy atom. The van der Waals surface area contributed by atoms with E-state index in [2.05, 4.69) is 15.5 Å². The van der Waals surface area contributed by atoms with Crippen molar-refractivity contribution in [2.24, 2.45) is 0 Å². The molecule has 0 fully saturated rings. The van der Waals surface area contributed by atoms with Crippen LogP contribution >= 0.6 is 0 Å². The van der Waals surface area contributed by atoms with Crippen LogP contribution in [-0.4, -0.2) is 23.7 Å². The molecule has 0 spiro atoms. The number of urea groups is 1. The average Bonchev–Trinajstić information content (AvgIpc) is 3.32. The lowest BCUT2D eigenvalue weighted by Gasteiger charge is -2.19. The number of ether oxygens (including phenoxy) is 1. The predicted octanol–water partition coefficient (Wildman–Crippen LogP) is 5.82. The molecule has 2 amide bonds. The van der Waals surface area contributed by atoms with Crippen molar-refractivity contribution in [3.05, 3.63) is 95.3 Å². The topological polar surface area (TPSA) is 53.6 Å². The predicted molar refractivity (Wildman–Crippen MR) is 114 cm³/mol. The molecule has 5 rings (SSSR count). The average molecular weight is 473 g/mol. The summed E-state index contributed by atoms with van der Waals surface area (Å²) in [5.41, 5.74) is 3.76. The molecular formula is C24H16F5N3O2. The molecule has 174 valence electrons. The minimum Gasteiger partial charge on any atom is -0.427 e. The van der Waals surface area contributed by atoms with Crippen LogP contribution in [0.1, 0.15) is 16.7 Å². The van der Waals surface area contributed by atoms with Crippen LogP contribution in [0.15, 0.2) is 72.8 Å². The summed E-state index contributed by atoms with van der Waals surface area (Å²) in [4.78, 5) is 12.9. The Hall–Kier alpha value is -4.08. The monoisotopic (exact) mass is 473 g/mol. The molecule has 0 aromatic heterocycles. The Morgan fingerprint density at radius 3 is 2.41 bits per heavy atom. The van der Waals surface area contributed by atoms with E-state index < -0.39 is 35.2 Å². The quantitative estimate of drug-likeness (QED) is 0.471. The van der Waals surface area contributed by atoms with Gasteiger partial charge in [-0.25, -0.2) is 14.2 Å². The first-order chi connectivity index (χ1) is 16.2. The van der Waals surface area contributed by atoms with Crippen molar-refractivity contribution in [1.82, 2.24) is 10.4 Å². The number of alkyl halides is 4. The van der Waals surface area contributed by atoms with Gasteiger partial charge in [-0.1, -0.05) is 48.5 Å².